The van der Waals surface area contributed by atoms with Crippen LogP contribution in [-0.2, 0) is 0 Å². The Kier molecular flexibility index (Phi) is 10.3. The third-order valence-electron chi connectivity index (χ3n) is 14.1. The quantitative estimate of drug-likeness (QED) is 0.152. The Labute approximate surface area is 418 Å². The van der Waals surface area contributed by atoms with Crippen molar-refractivity contribution in [3.05, 3.63) is 241 Å². The SMILES string of the molecule is Cc1ccc2c(c1)c1cc(C)ccc1n2-c1ccc(-c2cc(-c3cc(-c4nc(-c5ccccc5)nc(-c5ccccc5)n4)ccc3-c3ccccn3)ccc2-n2c3ccc(C)cc3c3cc(C)ccc32)cc1. The molecule has 342 valence electrons. The van der Waals surface area contributed by atoms with Gasteiger partial charge in [-0.15, -0.1) is 0 Å². The third kappa shape index (κ3) is 7.44. The molecule has 0 N–H and O–H groups in total. The first-order valence-corrected chi connectivity index (χ1v) is 24.5. The van der Waals surface area contributed by atoms with Crippen LogP contribution in [0.1, 0.15) is 22.3 Å². The first-order chi connectivity index (χ1) is 35.3. The van der Waals surface area contributed by atoms with Crippen molar-refractivity contribution in [1.82, 2.24) is 29.1 Å². The van der Waals surface area contributed by atoms with E-state index in [1.54, 1.807) is 0 Å². The van der Waals surface area contributed by atoms with Crippen molar-refractivity contribution >= 4 is 43.6 Å². The fraction of sp³-hybridized carbons (Fsp3) is 0.0606. The van der Waals surface area contributed by atoms with E-state index in [0.29, 0.717) is 17.5 Å². The molecular formula is C66H48N6. The van der Waals surface area contributed by atoms with E-state index in [1.165, 1.54) is 54.8 Å². The maximum absolute atomic E-state index is 5.15. The molecular weight excluding hydrogens is 877 g/mol. The number of rotatable bonds is 8. The van der Waals surface area contributed by atoms with Crippen molar-refractivity contribution in [3.63, 3.8) is 0 Å². The summed E-state index contributed by atoms with van der Waals surface area (Å²) < 4.78 is 4.85. The molecule has 0 saturated heterocycles. The second kappa shape index (κ2) is 17.3. The Hall–Kier alpha value is -9.26. The molecule has 6 nitrogen and oxygen atoms in total. The molecule has 13 aromatic rings. The van der Waals surface area contributed by atoms with Crippen LogP contribution in [0.4, 0.5) is 0 Å². The minimum absolute atomic E-state index is 0.593. The second-order valence-corrected chi connectivity index (χ2v) is 19.0. The standard InChI is InChI=1S/C66H48N6/c1-41-18-29-60-54(35-41)55-36-42(2)19-30-61(55)71(60)50-26-22-45(23-27-50)53-39-48(25-33-59(53)72-62-31-20-43(3)37-56(62)57-38-44(4)21-32-63(57)72)52-40-49(24-28-51(52)58-17-11-12-34-67-58)66-69-64(46-13-7-5-8-14-46)68-65(70-66)47-15-9-6-10-16-47/h5-40H,1-4H3. The van der Waals surface area contributed by atoms with Crippen LogP contribution < -0.4 is 0 Å². The zero-order valence-electron chi connectivity index (χ0n) is 40.5. The summed E-state index contributed by atoms with van der Waals surface area (Å²) >= 11 is 0. The first-order valence-electron chi connectivity index (χ1n) is 24.5. The molecule has 0 aliphatic rings. The van der Waals surface area contributed by atoms with Crippen LogP contribution >= 0.6 is 0 Å². The molecule has 0 fully saturated rings. The van der Waals surface area contributed by atoms with Gasteiger partial charge in [0.15, 0.2) is 17.5 Å². The number of nitrogens with zero attached hydrogens (tertiary/aromatic N) is 6. The summed E-state index contributed by atoms with van der Waals surface area (Å²) in [6.07, 6.45) is 1.86. The van der Waals surface area contributed by atoms with Gasteiger partial charge in [0.1, 0.15) is 0 Å². The molecule has 0 radical (unpaired) electrons. The molecule has 0 amide bonds. The summed E-state index contributed by atoms with van der Waals surface area (Å²) in [4.78, 5) is 20.2. The molecule has 0 spiro atoms. The summed E-state index contributed by atoms with van der Waals surface area (Å²) in [5.74, 6) is 1.83. The van der Waals surface area contributed by atoms with Crippen LogP contribution in [-0.4, -0.2) is 29.1 Å². The Balaban J connectivity index is 1.04. The van der Waals surface area contributed by atoms with E-state index >= 15 is 0 Å². The minimum Gasteiger partial charge on any atom is -0.309 e. The molecule has 4 heterocycles. The fourth-order valence-electron chi connectivity index (χ4n) is 10.6. The molecule has 0 atom stereocenters. The van der Waals surface area contributed by atoms with E-state index in [0.717, 1.165) is 72.6 Å². The van der Waals surface area contributed by atoms with Crippen LogP contribution in [0.3, 0.4) is 0 Å². The Morgan fingerprint density at radius 3 is 1.25 bits per heavy atom. The third-order valence-corrected chi connectivity index (χ3v) is 14.1. The summed E-state index contributed by atoms with van der Waals surface area (Å²) in [6.45, 7) is 8.69. The molecule has 0 aliphatic heterocycles. The van der Waals surface area contributed by atoms with Gasteiger partial charge in [-0.25, -0.2) is 15.0 Å². The van der Waals surface area contributed by atoms with Crippen LogP contribution in [0.5, 0.6) is 0 Å². The van der Waals surface area contributed by atoms with Gasteiger partial charge in [0.2, 0.25) is 0 Å². The van der Waals surface area contributed by atoms with Crippen molar-refractivity contribution < 1.29 is 0 Å². The summed E-state index contributed by atoms with van der Waals surface area (Å²) in [6, 6.07) is 76.1. The van der Waals surface area contributed by atoms with Crippen LogP contribution in [0.25, 0.3) is 123 Å². The number of aromatic nitrogens is 6. The molecule has 0 unspecified atom stereocenters. The van der Waals surface area contributed by atoms with E-state index in [1.807, 2.05) is 79.0 Å². The van der Waals surface area contributed by atoms with Gasteiger partial charge in [0, 0.05) is 61.2 Å². The van der Waals surface area contributed by atoms with Crippen molar-refractivity contribution in [1.29, 1.82) is 0 Å². The fourth-order valence-corrected chi connectivity index (χ4v) is 10.6. The largest absolute Gasteiger partial charge is 0.309 e. The second-order valence-electron chi connectivity index (χ2n) is 19.0. The number of fused-ring (bicyclic) bond motifs is 6. The average molecular weight is 925 g/mol. The van der Waals surface area contributed by atoms with E-state index in [2.05, 4.69) is 176 Å². The lowest BCUT2D eigenvalue weighted by atomic mass is 9.91. The highest BCUT2D eigenvalue weighted by Crippen LogP contribution is 2.42. The van der Waals surface area contributed by atoms with Crippen molar-refractivity contribution in [2.75, 3.05) is 0 Å². The number of hydrogen-bond acceptors (Lipinski definition) is 4. The molecule has 0 saturated carbocycles. The zero-order chi connectivity index (χ0) is 48.5. The van der Waals surface area contributed by atoms with Crippen molar-refractivity contribution in [2.45, 2.75) is 27.7 Å². The van der Waals surface area contributed by atoms with Crippen LogP contribution in [0.2, 0.25) is 0 Å². The highest BCUT2D eigenvalue weighted by Gasteiger charge is 2.21. The maximum atomic E-state index is 5.15. The van der Waals surface area contributed by atoms with Gasteiger partial charge in [-0.1, -0.05) is 144 Å². The van der Waals surface area contributed by atoms with Gasteiger partial charge in [0.25, 0.3) is 0 Å². The minimum atomic E-state index is 0.593. The predicted octanol–water partition coefficient (Wildman–Crippen LogP) is 16.7. The lowest BCUT2D eigenvalue weighted by Gasteiger charge is -2.18. The van der Waals surface area contributed by atoms with E-state index in [9.17, 15) is 0 Å². The molecule has 13 rings (SSSR count). The topological polar surface area (TPSA) is 61.4 Å². The zero-order valence-corrected chi connectivity index (χ0v) is 40.5. The summed E-state index contributed by atoms with van der Waals surface area (Å²) in [5, 5.41) is 5.01. The normalized spacial score (nSPS) is 11.6. The molecule has 4 aromatic heterocycles. The van der Waals surface area contributed by atoms with Gasteiger partial charge in [0.05, 0.1) is 33.4 Å². The molecule has 9 aromatic carbocycles. The summed E-state index contributed by atoms with van der Waals surface area (Å²) in [5.41, 5.74) is 20.8. The number of benzene rings is 9. The smallest absolute Gasteiger partial charge is 0.164 e. The number of pyridine rings is 1. The molecule has 0 bridgehead atoms. The monoisotopic (exact) mass is 924 g/mol. The van der Waals surface area contributed by atoms with Gasteiger partial charge in [-0.3, -0.25) is 4.98 Å². The number of aryl methyl sites for hydroxylation is 4. The molecule has 6 heteroatoms. The van der Waals surface area contributed by atoms with Crippen LogP contribution in [0.15, 0.2) is 219 Å². The highest BCUT2D eigenvalue weighted by molar-refractivity contribution is 6.11. The Morgan fingerprint density at radius 1 is 0.306 bits per heavy atom. The van der Waals surface area contributed by atoms with Crippen molar-refractivity contribution in [3.8, 4) is 79.0 Å². The van der Waals surface area contributed by atoms with E-state index in [4.69, 9.17) is 19.9 Å². The molecule has 0 aliphatic carbocycles. The van der Waals surface area contributed by atoms with Gasteiger partial charge in [-0.05, 0) is 135 Å². The lowest BCUT2D eigenvalue weighted by molar-refractivity contribution is 1.07. The Bertz CT molecular complexity index is 4050. The van der Waals surface area contributed by atoms with Gasteiger partial charge < -0.3 is 9.13 Å². The van der Waals surface area contributed by atoms with Crippen molar-refractivity contribution in [2.24, 2.45) is 0 Å². The van der Waals surface area contributed by atoms with Gasteiger partial charge >= 0.3 is 0 Å². The highest BCUT2D eigenvalue weighted by atomic mass is 15.0. The predicted molar refractivity (Wildman–Crippen MR) is 298 cm³/mol. The summed E-state index contributed by atoms with van der Waals surface area (Å²) in [7, 11) is 0. The number of hydrogen-bond donors (Lipinski definition) is 0. The van der Waals surface area contributed by atoms with Gasteiger partial charge in [-0.2, -0.15) is 0 Å². The lowest BCUT2D eigenvalue weighted by Crippen LogP contribution is -2.01. The first kappa shape index (κ1) is 42.8. The average Bonchev–Trinajstić information content (AvgIpc) is 3.91. The maximum Gasteiger partial charge on any atom is 0.164 e. The van der Waals surface area contributed by atoms with E-state index in [-0.39, 0.29) is 0 Å². The van der Waals surface area contributed by atoms with Crippen LogP contribution in [0, 0.1) is 27.7 Å². The molecule has 72 heavy (non-hydrogen) atoms. The Morgan fingerprint density at radius 2 is 0.750 bits per heavy atom. The van der Waals surface area contributed by atoms with E-state index < -0.39 is 0 Å².